The van der Waals surface area contributed by atoms with Gasteiger partial charge < -0.3 is 15.1 Å². The van der Waals surface area contributed by atoms with Crippen LogP contribution in [0.2, 0.25) is 0 Å². The first-order valence-corrected chi connectivity index (χ1v) is 9.90. The van der Waals surface area contributed by atoms with E-state index in [1.54, 1.807) is 10.9 Å². The van der Waals surface area contributed by atoms with Crippen LogP contribution >= 0.6 is 24.0 Å². The Hall–Kier alpha value is -1.32. The molecule has 2 aliphatic rings. The molecule has 1 aliphatic carbocycles. The minimum absolute atomic E-state index is 0. The lowest BCUT2D eigenvalue weighted by molar-refractivity contribution is -0.120. The van der Waals surface area contributed by atoms with Gasteiger partial charge in [-0.2, -0.15) is 5.10 Å². The number of rotatable bonds is 4. The van der Waals surface area contributed by atoms with Crippen LogP contribution in [0.15, 0.2) is 17.4 Å². The van der Waals surface area contributed by atoms with E-state index in [4.69, 9.17) is 4.99 Å². The molecule has 0 spiro atoms. The highest BCUT2D eigenvalue weighted by Crippen LogP contribution is 2.29. The first kappa shape index (κ1) is 22.0. The van der Waals surface area contributed by atoms with Gasteiger partial charge in [0.1, 0.15) is 6.54 Å². The molecule has 0 bridgehead atoms. The number of guanidine groups is 1. The second-order valence-corrected chi connectivity index (χ2v) is 7.56. The summed E-state index contributed by atoms with van der Waals surface area (Å²) >= 11 is 0. The number of anilines is 1. The SMILES string of the molecule is CCNC(=NCC1CCCCC1C)N1CCN(c2cnn(C)c2)C(=O)C1.I. The van der Waals surface area contributed by atoms with Gasteiger partial charge in [0.05, 0.1) is 11.9 Å². The number of hydrogen-bond donors (Lipinski definition) is 1. The zero-order valence-corrected chi connectivity index (χ0v) is 19.1. The van der Waals surface area contributed by atoms with E-state index >= 15 is 0 Å². The van der Waals surface area contributed by atoms with Gasteiger partial charge in [-0.3, -0.25) is 14.5 Å². The monoisotopic (exact) mass is 488 g/mol. The topological polar surface area (TPSA) is 65.8 Å². The summed E-state index contributed by atoms with van der Waals surface area (Å²) < 4.78 is 1.73. The zero-order valence-electron chi connectivity index (χ0n) is 16.7. The summed E-state index contributed by atoms with van der Waals surface area (Å²) in [4.78, 5) is 21.4. The molecule has 0 aromatic carbocycles. The Morgan fingerprint density at radius 2 is 2.11 bits per heavy atom. The van der Waals surface area contributed by atoms with Crippen molar-refractivity contribution in [2.45, 2.75) is 39.5 Å². The number of carbonyl (C=O) groups excluding carboxylic acids is 1. The summed E-state index contributed by atoms with van der Waals surface area (Å²) in [6.45, 7) is 7.91. The minimum Gasteiger partial charge on any atom is -0.357 e. The van der Waals surface area contributed by atoms with E-state index in [-0.39, 0.29) is 29.9 Å². The van der Waals surface area contributed by atoms with Gasteiger partial charge in [0.15, 0.2) is 5.96 Å². The molecule has 3 rings (SSSR count). The lowest BCUT2D eigenvalue weighted by atomic mass is 9.80. The first-order chi connectivity index (χ1) is 12.6. The highest BCUT2D eigenvalue weighted by Gasteiger charge is 2.28. The number of carbonyl (C=O) groups is 1. The van der Waals surface area contributed by atoms with Crippen LogP contribution in [-0.2, 0) is 11.8 Å². The molecule has 0 radical (unpaired) electrons. The second-order valence-electron chi connectivity index (χ2n) is 7.56. The molecule has 1 N–H and O–H groups in total. The molecule has 7 nitrogen and oxygen atoms in total. The van der Waals surface area contributed by atoms with E-state index in [0.29, 0.717) is 19.0 Å². The summed E-state index contributed by atoms with van der Waals surface area (Å²) in [5.74, 6) is 2.40. The molecule has 2 fully saturated rings. The Morgan fingerprint density at radius 3 is 2.74 bits per heavy atom. The fourth-order valence-electron chi connectivity index (χ4n) is 3.97. The lowest BCUT2D eigenvalue weighted by Gasteiger charge is -2.36. The van der Waals surface area contributed by atoms with Crippen molar-refractivity contribution in [1.29, 1.82) is 0 Å². The quantitative estimate of drug-likeness (QED) is 0.402. The first-order valence-electron chi connectivity index (χ1n) is 9.90. The third kappa shape index (κ3) is 5.58. The summed E-state index contributed by atoms with van der Waals surface area (Å²) in [5.41, 5.74) is 0.870. The van der Waals surface area contributed by atoms with Gasteiger partial charge in [0, 0.05) is 39.4 Å². The van der Waals surface area contributed by atoms with Crippen molar-refractivity contribution in [2.75, 3.05) is 37.6 Å². The molecule has 2 heterocycles. The van der Waals surface area contributed by atoms with Crippen molar-refractivity contribution < 1.29 is 4.79 Å². The Balaban J connectivity index is 0.00000261. The van der Waals surface area contributed by atoms with Crippen molar-refractivity contribution in [2.24, 2.45) is 23.9 Å². The minimum atomic E-state index is 0. The van der Waals surface area contributed by atoms with Crippen LogP contribution < -0.4 is 10.2 Å². The highest BCUT2D eigenvalue weighted by atomic mass is 127. The fourth-order valence-corrected chi connectivity index (χ4v) is 3.97. The molecule has 27 heavy (non-hydrogen) atoms. The van der Waals surface area contributed by atoms with Crippen molar-refractivity contribution >= 4 is 41.5 Å². The van der Waals surface area contributed by atoms with Crippen LogP contribution in [0.4, 0.5) is 5.69 Å². The average molecular weight is 488 g/mol. The Morgan fingerprint density at radius 1 is 1.33 bits per heavy atom. The summed E-state index contributed by atoms with van der Waals surface area (Å²) in [6, 6.07) is 0. The standard InChI is InChI=1S/C19H32N6O.HI/c1-4-20-19(21-11-16-8-6-5-7-15(16)2)24-9-10-25(18(26)14-24)17-12-22-23(3)13-17;/h12-13,15-16H,4-11,14H2,1-3H3,(H,20,21);1H. The Kier molecular flexibility index (Phi) is 8.37. The van der Waals surface area contributed by atoms with Gasteiger partial charge in [0.25, 0.3) is 0 Å². The van der Waals surface area contributed by atoms with Gasteiger partial charge in [-0.05, 0) is 25.2 Å². The molecular weight excluding hydrogens is 455 g/mol. The number of nitrogens with zero attached hydrogens (tertiary/aromatic N) is 5. The molecule has 1 aliphatic heterocycles. The number of aryl methyl sites for hydroxylation is 1. The third-order valence-corrected chi connectivity index (χ3v) is 5.62. The molecular formula is C19H33IN6O. The smallest absolute Gasteiger partial charge is 0.246 e. The summed E-state index contributed by atoms with van der Waals surface area (Å²) in [7, 11) is 1.87. The summed E-state index contributed by atoms with van der Waals surface area (Å²) in [5, 5.41) is 7.55. The molecule has 8 heteroatoms. The summed E-state index contributed by atoms with van der Waals surface area (Å²) in [6.07, 6.45) is 8.90. The zero-order chi connectivity index (χ0) is 18.5. The molecule has 1 aromatic rings. The molecule has 1 saturated heterocycles. The van der Waals surface area contributed by atoms with Crippen LogP contribution in [0.3, 0.4) is 0 Å². The molecule has 2 unspecified atom stereocenters. The number of aromatic nitrogens is 2. The third-order valence-electron chi connectivity index (χ3n) is 5.62. The van der Waals surface area contributed by atoms with Crippen LogP contribution in [-0.4, -0.2) is 59.3 Å². The van der Waals surface area contributed by atoms with Crippen LogP contribution in [0.25, 0.3) is 0 Å². The molecule has 1 amide bonds. The second kappa shape index (κ2) is 10.3. The predicted octanol–water partition coefficient (Wildman–Crippen LogP) is 2.48. The van der Waals surface area contributed by atoms with E-state index in [0.717, 1.165) is 37.2 Å². The van der Waals surface area contributed by atoms with Gasteiger partial charge in [-0.25, -0.2) is 0 Å². The maximum absolute atomic E-state index is 12.6. The van der Waals surface area contributed by atoms with Crippen molar-refractivity contribution in [3.8, 4) is 0 Å². The van der Waals surface area contributed by atoms with Crippen molar-refractivity contribution in [3.63, 3.8) is 0 Å². The van der Waals surface area contributed by atoms with Gasteiger partial charge in [-0.15, -0.1) is 24.0 Å². The molecule has 1 aromatic heterocycles. The fraction of sp³-hybridized carbons (Fsp3) is 0.737. The maximum Gasteiger partial charge on any atom is 0.246 e. The van der Waals surface area contributed by atoms with E-state index in [2.05, 4.69) is 29.2 Å². The van der Waals surface area contributed by atoms with Gasteiger partial charge >= 0.3 is 0 Å². The molecule has 152 valence electrons. The number of aliphatic imine (C=N–C) groups is 1. The Bertz CT molecular complexity index is 646. The number of amides is 1. The number of nitrogens with one attached hydrogen (secondary N) is 1. The predicted molar refractivity (Wildman–Crippen MR) is 120 cm³/mol. The van der Waals surface area contributed by atoms with Crippen LogP contribution in [0.1, 0.15) is 39.5 Å². The number of piperazine rings is 1. The normalized spacial score (nSPS) is 24.0. The van der Waals surface area contributed by atoms with E-state index in [9.17, 15) is 4.79 Å². The number of halogens is 1. The van der Waals surface area contributed by atoms with Crippen LogP contribution in [0, 0.1) is 11.8 Å². The van der Waals surface area contributed by atoms with Crippen LogP contribution in [0.5, 0.6) is 0 Å². The number of hydrogen-bond acceptors (Lipinski definition) is 3. The average Bonchev–Trinajstić information content (AvgIpc) is 3.06. The van der Waals surface area contributed by atoms with E-state index in [1.807, 2.05) is 18.1 Å². The molecule has 1 saturated carbocycles. The van der Waals surface area contributed by atoms with Crippen molar-refractivity contribution in [3.05, 3.63) is 12.4 Å². The lowest BCUT2D eigenvalue weighted by Crippen LogP contribution is -2.55. The Labute approximate surface area is 179 Å². The maximum atomic E-state index is 12.6. The van der Waals surface area contributed by atoms with Gasteiger partial charge in [-0.1, -0.05) is 26.2 Å². The van der Waals surface area contributed by atoms with E-state index < -0.39 is 0 Å². The highest BCUT2D eigenvalue weighted by molar-refractivity contribution is 14.0. The molecule has 2 atom stereocenters. The van der Waals surface area contributed by atoms with E-state index in [1.165, 1.54) is 25.7 Å². The van der Waals surface area contributed by atoms with Crippen molar-refractivity contribution in [1.82, 2.24) is 20.0 Å². The largest absolute Gasteiger partial charge is 0.357 e. The van der Waals surface area contributed by atoms with Gasteiger partial charge in [0.2, 0.25) is 5.91 Å².